The Morgan fingerprint density at radius 2 is 2.15 bits per heavy atom. The van der Waals surface area contributed by atoms with E-state index in [1.807, 2.05) is 5.48 Å². The third kappa shape index (κ3) is 8.64. The first kappa shape index (κ1) is 11.7. The van der Waals surface area contributed by atoms with Crippen molar-refractivity contribution in [1.29, 1.82) is 0 Å². The van der Waals surface area contributed by atoms with Crippen molar-refractivity contribution in [2.45, 2.75) is 0 Å². The van der Waals surface area contributed by atoms with Gasteiger partial charge in [0.15, 0.2) is 6.61 Å². The van der Waals surface area contributed by atoms with Crippen molar-refractivity contribution < 1.29 is 19.5 Å². The molecule has 0 saturated heterocycles. The van der Waals surface area contributed by atoms with Crippen LogP contribution in [0.3, 0.4) is 0 Å². The zero-order valence-corrected chi connectivity index (χ0v) is 7.43. The van der Waals surface area contributed by atoms with Gasteiger partial charge in [0, 0.05) is 5.03 Å². The number of carbonyl (C=O) groups excluding carboxylic acids is 1. The fourth-order valence-electron chi connectivity index (χ4n) is 0.376. The van der Waals surface area contributed by atoms with E-state index in [1.165, 1.54) is 0 Å². The number of carboxylic acid groups (broad SMARTS) is 1. The summed E-state index contributed by atoms with van der Waals surface area (Å²) in [5.41, 5.74) is 1.84. The zero-order valence-electron chi connectivity index (χ0n) is 6.67. The topological polar surface area (TPSA) is 87.7 Å². The van der Waals surface area contributed by atoms with Crippen LogP contribution < -0.4 is 10.8 Å². The van der Waals surface area contributed by atoms with Gasteiger partial charge in [-0.3, -0.25) is 4.84 Å². The van der Waals surface area contributed by atoms with Gasteiger partial charge in [0.25, 0.3) is 0 Å². The molecule has 0 spiro atoms. The van der Waals surface area contributed by atoms with E-state index in [0.717, 1.165) is 0 Å². The summed E-state index contributed by atoms with van der Waals surface area (Å²) in [7, 11) is 0. The van der Waals surface area contributed by atoms with E-state index in [0.29, 0.717) is 0 Å². The van der Waals surface area contributed by atoms with Crippen molar-refractivity contribution in [3.63, 3.8) is 0 Å². The normalized spacial score (nSPS) is 9.00. The van der Waals surface area contributed by atoms with E-state index >= 15 is 0 Å². The average molecular weight is 209 g/mol. The number of rotatable bonds is 5. The maximum Gasteiger partial charge on any atom is 0.339 e. The van der Waals surface area contributed by atoms with Gasteiger partial charge in [-0.2, -0.15) is 0 Å². The molecule has 0 aliphatic rings. The standard InChI is InChI=1S/C6H9ClN2O4/c1-4(7)2-8-6(12)9-13-3-5(10)11/h1-3H2,(H,10,11)(H2,8,9,12). The average Bonchev–Trinajstić information content (AvgIpc) is 2.00. The minimum atomic E-state index is -1.18. The lowest BCUT2D eigenvalue weighted by Crippen LogP contribution is -2.37. The molecule has 0 heterocycles. The molecule has 0 fully saturated rings. The van der Waals surface area contributed by atoms with Crippen LogP contribution in [0, 0.1) is 0 Å². The Labute approximate surface area is 79.5 Å². The van der Waals surface area contributed by atoms with Crippen LogP contribution in [0.4, 0.5) is 4.79 Å². The number of carboxylic acids is 1. The summed E-state index contributed by atoms with van der Waals surface area (Å²) < 4.78 is 0. The van der Waals surface area contributed by atoms with Crippen molar-refractivity contribution >= 4 is 23.6 Å². The molecule has 0 aromatic rings. The van der Waals surface area contributed by atoms with Crippen LogP contribution in [0.1, 0.15) is 0 Å². The summed E-state index contributed by atoms with van der Waals surface area (Å²) in [6, 6.07) is -0.678. The number of halogens is 1. The van der Waals surface area contributed by atoms with Crippen molar-refractivity contribution in [3.8, 4) is 0 Å². The van der Waals surface area contributed by atoms with Crippen LogP contribution in [0.5, 0.6) is 0 Å². The highest BCUT2D eigenvalue weighted by Gasteiger charge is 2.01. The molecule has 6 nitrogen and oxygen atoms in total. The highest BCUT2D eigenvalue weighted by atomic mass is 35.5. The maximum absolute atomic E-state index is 10.7. The van der Waals surface area contributed by atoms with Gasteiger partial charge in [0.2, 0.25) is 0 Å². The van der Waals surface area contributed by atoms with Gasteiger partial charge in [0.05, 0.1) is 6.54 Å². The second kappa shape index (κ2) is 6.27. The second-order valence-corrected chi connectivity index (χ2v) is 2.52. The van der Waals surface area contributed by atoms with Gasteiger partial charge in [-0.15, -0.1) is 0 Å². The third-order valence-corrected chi connectivity index (χ3v) is 0.935. The molecular weight excluding hydrogens is 200 g/mol. The summed E-state index contributed by atoms with van der Waals surface area (Å²) in [6.45, 7) is 2.81. The molecular formula is C6H9ClN2O4. The van der Waals surface area contributed by atoms with Crippen LogP contribution in [-0.2, 0) is 9.63 Å². The Hall–Kier alpha value is -1.27. The molecule has 0 unspecified atom stereocenters. The second-order valence-electron chi connectivity index (χ2n) is 1.98. The lowest BCUT2D eigenvalue weighted by atomic mass is 10.6. The van der Waals surface area contributed by atoms with E-state index in [-0.39, 0.29) is 11.6 Å². The minimum absolute atomic E-state index is 0.0871. The van der Waals surface area contributed by atoms with Gasteiger partial charge < -0.3 is 10.4 Å². The highest BCUT2D eigenvalue weighted by Crippen LogP contribution is 1.91. The molecule has 0 saturated carbocycles. The highest BCUT2D eigenvalue weighted by molar-refractivity contribution is 6.29. The Bertz CT molecular complexity index is 219. The van der Waals surface area contributed by atoms with E-state index in [2.05, 4.69) is 16.7 Å². The van der Waals surface area contributed by atoms with E-state index in [9.17, 15) is 9.59 Å². The van der Waals surface area contributed by atoms with Crippen molar-refractivity contribution in [3.05, 3.63) is 11.6 Å². The first-order chi connectivity index (χ1) is 6.02. The maximum atomic E-state index is 10.7. The Morgan fingerprint density at radius 3 is 2.62 bits per heavy atom. The summed E-state index contributed by atoms with van der Waals surface area (Å²) in [6.07, 6.45) is 0. The van der Waals surface area contributed by atoms with Gasteiger partial charge in [-0.25, -0.2) is 15.1 Å². The largest absolute Gasteiger partial charge is 0.479 e. The van der Waals surface area contributed by atoms with Gasteiger partial charge in [-0.1, -0.05) is 18.2 Å². The predicted octanol–water partition coefficient (Wildman–Crippen LogP) is 0.0543. The van der Waals surface area contributed by atoms with Crippen molar-refractivity contribution in [2.24, 2.45) is 0 Å². The Morgan fingerprint density at radius 1 is 1.54 bits per heavy atom. The van der Waals surface area contributed by atoms with Crippen LogP contribution in [-0.4, -0.2) is 30.3 Å². The van der Waals surface area contributed by atoms with Crippen LogP contribution in [0.15, 0.2) is 11.6 Å². The molecule has 7 heteroatoms. The van der Waals surface area contributed by atoms with Crippen LogP contribution in [0.2, 0.25) is 0 Å². The zero-order chi connectivity index (χ0) is 10.3. The summed E-state index contributed by atoms with van der Waals surface area (Å²) in [5.74, 6) is -1.18. The van der Waals surface area contributed by atoms with E-state index in [1.54, 1.807) is 0 Å². The molecule has 2 amide bonds. The first-order valence-electron chi connectivity index (χ1n) is 3.23. The molecule has 0 aromatic carbocycles. The monoisotopic (exact) mass is 208 g/mol. The molecule has 0 aromatic heterocycles. The molecule has 0 aliphatic carbocycles. The molecule has 3 N–H and O–H groups in total. The van der Waals surface area contributed by atoms with Crippen molar-refractivity contribution in [1.82, 2.24) is 10.8 Å². The smallest absolute Gasteiger partial charge is 0.339 e. The first-order valence-corrected chi connectivity index (χ1v) is 3.61. The number of urea groups is 1. The number of aliphatic carboxylic acids is 1. The molecule has 13 heavy (non-hydrogen) atoms. The van der Waals surface area contributed by atoms with Gasteiger partial charge in [0.1, 0.15) is 0 Å². The van der Waals surface area contributed by atoms with Gasteiger partial charge in [-0.05, 0) is 0 Å². The molecule has 0 rings (SSSR count). The summed E-state index contributed by atoms with van der Waals surface area (Å²) in [5, 5.41) is 10.6. The molecule has 0 aliphatic heterocycles. The lowest BCUT2D eigenvalue weighted by Gasteiger charge is -2.04. The Balaban J connectivity index is 3.41. The van der Waals surface area contributed by atoms with E-state index in [4.69, 9.17) is 16.7 Å². The molecule has 0 bridgehead atoms. The van der Waals surface area contributed by atoms with Crippen LogP contribution >= 0.6 is 11.6 Å². The molecule has 0 atom stereocenters. The van der Waals surface area contributed by atoms with Gasteiger partial charge >= 0.3 is 12.0 Å². The third-order valence-electron chi connectivity index (χ3n) is 0.801. The number of nitrogens with one attached hydrogen (secondary N) is 2. The number of hydrogen-bond acceptors (Lipinski definition) is 3. The number of hydroxylamine groups is 1. The van der Waals surface area contributed by atoms with Crippen molar-refractivity contribution in [2.75, 3.05) is 13.2 Å². The molecule has 0 radical (unpaired) electrons. The molecule has 74 valence electrons. The van der Waals surface area contributed by atoms with Crippen LogP contribution in [0.25, 0.3) is 0 Å². The SMILES string of the molecule is C=C(Cl)CNC(=O)NOCC(=O)O. The predicted molar refractivity (Wildman–Crippen MR) is 45.1 cm³/mol. The quantitative estimate of drug-likeness (QED) is 0.558. The summed E-state index contributed by atoms with van der Waals surface area (Å²) >= 11 is 5.33. The fourth-order valence-corrected chi connectivity index (χ4v) is 0.442. The fraction of sp³-hybridized carbons (Fsp3) is 0.333. The summed E-state index contributed by atoms with van der Waals surface area (Å²) in [4.78, 5) is 24.9. The lowest BCUT2D eigenvalue weighted by molar-refractivity contribution is -0.144. The minimum Gasteiger partial charge on any atom is -0.479 e. The number of carbonyl (C=O) groups is 2. The number of amides is 2. The van der Waals surface area contributed by atoms with E-state index < -0.39 is 18.6 Å². The Kier molecular flexibility index (Phi) is 5.66. The number of hydrogen-bond donors (Lipinski definition) is 3.